The van der Waals surface area contributed by atoms with Gasteiger partial charge in [-0.25, -0.2) is 4.79 Å². The summed E-state index contributed by atoms with van der Waals surface area (Å²) in [6.45, 7) is 5.83. The number of rotatable bonds is 1. The SMILES string of the molecule is Cc1cc(C)cc(N2C(=O)OC3CCNCC32)c1. The number of fused-ring (bicyclic) bond motifs is 1. The largest absolute Gasteiger partial charge is 0.444 e. The Morgan fingerprint density at radius 2 is 2.00 bits per heavy atom. The quantitative estimate of drug-likeness (QED) is 0.824. The van der Waals surface area contributed by atoms with E-state index in [-0.39, 0.29) is 18.2 Å². The van der Waals surface area contributed by atoms with Crippen molar-refractivity contribution < 1.29 is 9.53 Å². The average Bonchev–Trinajstić information content (AvgIpc) is 2.63. The summed E-state index contributed by atoms with van der Waals surface area (Å²) < 4.78 is 5.46. The Morgan fingerprint density at radius 1 is 1.28 bits per heavy atom. The number of benzene rings is 1. The zero-order valence-electron chi connectivity index (χ0n) is 10.8. The van der Waals surface area contributed by atoms with Gasteiger partial charge >= 0.3 is 6.09 Å². The third-order valence-corrected chi connectivity index (χ3v) is 3.65. The maximum atomic E-state index is 12.0. The fourth-order valence-corrected chi connectivity index (χ4v) is 2.92. The van der Waals surface area contributed by atoms with Gasteiger partial charge in [-0.15, -0.1) is 0 Å². The Balaban J connectivity index is 1.96. The number of nitrogens with one attached hydrogen (secondary N) is 1. The lowest BCUT2D eigenvalue weighted by Crippen LogP contribution is -2.49. The maximum absolute atomic E-state index is 12.0. The van der Waals surface area contributed by atoms with Gasteiger partial charge in [-0.3, -0.25) is 4.90 Å². The van der Waals surface area contributed by atoms with E-state index >= 15 is 0 Å². The molecule has 0 aliphatic carbocycles. The van der Waals surface area contributed by atoms with Crippen molar-refractivity contribution in [2.75, 3.05) is 18.0 Å². The molecular formula is C14H18N2O2. The summed E-state index contributed by atoms with van der Waals surface area (Å²) in [5.74, 6) is 0. The van der Waals surface area contributed by atoms with E-state index in [1.54, 1.807) is 4.90 Å². The molecular weight excluding hydrogens is 228 g/mol. The van der Waals surface area contributed by atoms with Crippen molar-refractivity contribution in [1.82, 2.24) is 5.32 Å². The summed E-state index contributed by atoms with van der Waals surface area (Å²) in [5, 5.41) is 3.33. The monoisotopic (exact) mass is 246 g/mol. The van der Waals surface area contributed by atoms with Crippen LogP contribution in [0.5, 0.6) is 0 Å². The molecule has 2 unspecified atom stereocenters. The van der Waals surface area contributed by atoms with Gasteiger partial charge in [-0.2, -0.15) is 0 Å². The van der Waals surface area contributed by atoms with Crippen molar-refractivity contribution in [2.24, 2.45) is 0 Å². The van der Waals surface area contributed by atoms with E-state index in [9.17, 15) is 4.79 Å². The minimum atomic E-state index is -0.210. The third-order valence-electron chi connectivity index (χ3n) is 3.65. The van der Waals surface area contributed by atoms with E-state index < -0.39 is 0 Å². The Hall–Kier alpha value is -1.55. The highest BCUT2D eigenvalue weighted by molar-refractivity contribution is 5.91. The van der Waals surface area contributed by atoms with E-state index in [2.05, 4.69) is 25.2 Å². The Morgan fingerprint density at radius 3 is 2.72 bits per heavy atom. The first-order chi connectivity index (χ1) is 8.65. The molecule has 2 aliphatic heterocycles. The summed E-state index contributed by atoms with van der Waals surface area (Å²) >= 11 is 0. The number of anilines is 1. The summed E-state index contributed by atoms with van der Waals surface area (Å²) in [4.78, 5) is 13.8. The minimum Gasteiger partial charge on any atom is -0.444 e. The summed E-state index contributed by atoms with van der Waals surface area (Å²) in [6.07, 6.45) is 0.732. The molecule has 0 aromatic heterocycles. The van der Waals surface area contributed by atoms with Crippen LogP contribution in [0.1, 0.15) is 17.5 Å². The molecule has 3 rings (SSSR count). The maximum Gasteiger partial charge on any atom is 0.415 e. The molecule has 2 aliphatic rings. The highest BCUT2D eigenvalue weighted by atomic mass is 16.6. The summed E-state index contributed by atoms with van der Waals surface area (Å²) in [5.41, 5.74) is 3.30. The number of piperidine rings is 1. The summed E-state index contributed by atoms with van der Waals surface area (Å²) in [7, 11) is 0. The van der Waals surface area contributed by atoms with Crippen LogP contribution >= 0.6 is 0 Å². The van der Waals surface area contributed by atoms with Crippen LogP contribution in [-0.4, -0.2) is 31.3 Å². The number of hydrogen-bond donors (Lipinski definition) is 1. The molecule has 0 saturated carbocycles. The van der Waals surface area contributed by atoms with E-state index in [1.807, 2.05) is 12.1 Å². The number of carbonyl (C=O) groups excluding carboxylic acids is 1. The van der Waals surface area contributed by atoms with Gasteiger partial charge < -0.3 is 10.1 Å². The van der Waals surface area contributed by atoms with Crippen molar-refractivity contribution in [3.8, 4) is 0 Å². The Bertz CT molecular complexity index is 466. The van der Waals surface area contributed by atoms with E-state index in [1.165, 1.54) is 11.1 Å². The van der Waals surface area contributed by atoms with Crippen molar-refractivity contribution >= 4 is 11.8 Å². The highest BCUT2D eigenvalue weighted by Gasteiger charge is 2.43. The lowest BCUT2D eigenvalue weighted by Gasteiger charge is -2.29. The van der Waals surface area contributed by atoms with Gasteiger partial charge in [0.15, 0.2) is 0 Å². The first-order valence-electron chi connectivity index (χ1n) is 6.44. The molecule has 2 fully saturated rings. The fraction of sp³-hybridized carbons (Fsp3) is 0.500. The van der Waals surface area contributed by atoms with Crippen LogP contribution in [0.4, 0.5) is 10.5 Å². The van der Waals surface area contributed by atoms with E-state index in [0.29, 0.717) is 0 Å². The topological polar surface area (TPSA) is 41.6 Å². The number of hydrogen-bond acceptors (Lipinski definition) is 3. The zero-order chi connectivity index (χ0) is 12.7. The molecule has 18 heavy (non-hydrogen) atoms. The average molecular weight is 246 g/mol. The van der Waals surface area contributed by atoms with Crippen LogP contribution in [-0.2, 0) is 4.74 Å². The molecule has 4 nitrogen and oxygen atoms in total. The molecule has 1 N–H and O–H groups in total. The molecule has 0 bridgehead atoms. The highest BCUT2D eigenvalue weighted by Crippen LogP contribution is 2.30. The van der Waals surface area contributed by atoms with Crippen molar-refractivity contribution in [3.05, 3.63) is 29.3 Å². The van der Waals surface area contributed by atoms with E-state index in [4.69, 9.17) is 4.74 Å². The second-order valence-electron chi connectivity index (χ2n) is 5.20. The number of aryl methyl sites for hydroxylation is 2. The van der Waals surface area contributed by atoms with Crippen molar-refractivity contribution in [3.63, 3.8) is 0 Å². The second kappa shape index (κ2) is 4.28. The molecule has 2 saturated heterocycles. The second-order valence-corrected chi connectivity index (χ2v) is 5.20. The number of amides is 1. The number of carbonyl (C=O) groups is 1. The van der Waals surface area contributed by atoms with Crippen molar-refractivity contribution in [1.29, 1.82) is 0 Å². The zero-order valence-corrected chi connectivity index (χ0v) is 10.8. The van der Waals surface area contributed by atoms with Crippen LogP contribution < -0.4 is 10.2 Å². The van der Waals surface area contributed by atoms with Gasteiger partial charge in [0.25, 0.3) is 0 Å². The van der Waals surface area contributed by atoms with E-state index in [0.717, 1.165) is 25.2 Å². The lowest BCUT2D eigenvalue weighted by atomic mass is 10.0. The first-order valence-corrected chi connectivity index (χ1v) is 6.44. The van der Waals surface area contributed by atoms with Gasteiger partial charge in [-0.1, -0.05) is 6.07 Å². The number of ether oxygens (including phenoxy) is 1. The van der Waals surface area contributed by atoms with Crippen LogP contribution in [0.15, 0.2) is 18.2 Å². The normalized spacial score (nSPS) is 27.0. The van der Waals surface area contributed by atoms with Crippen molar-refractivity contribution in [2.45, 2.75) is 32.4 Å². The van der Waals surface area contributed by atoms with Crippen LogP contribution in [0.2, 0.25) is 0 Å². The predicted octanol–water partition coefficient (Wildman–Crippen LogP) is 1.99. The molecule has 4 heteroatoms. The van der Waals surface area contributed by atoms with Crippen LogP contribution in [0.25, 0.3) is 0 Å². The van der Waals surface area contributed by atoms with Gasteiger partial charge in [0.05, 0.1) is 6.04 Å². The van der Waals surface area contributed by atoms with Gasteiger partial charge in [0.2, 0.25) is 0 Å². The molecule has 1 amide bonds. The molecule has 96 valence electrons. The number of nitrogens with zero attached hydrogens (tertiary/aromatic N) is 1. The standard InChI is InChI=1S/C14H18N2O2/c1-9-5-10(2)7-11(6-9)16-12-8-15-4-3-13(12)18-14(16)17/h5-7,12-13,15H,3-4,8H2,1-2H3. The Kier molecular flexibility index (Phi) is 2.74. The summed E-state index contributed by atoms with van der Waals surface area (Å²) in [6, 6.07) is 6.34. The van der Waals surface area contributed by atoms with Gasteiger partial charge in [-0.05, 0) is 50.1 Å². The third kappa shape index (κ3) is 1.86. The molecule has 1 aromatic carbocycles. The lowest BCUT2D eigenvalue weighted by molar-refractivity contribution is 0.117. The molecule has 2 heterocycles. The fourth-order valence-electron chi connectivity index (χ4n) is 2.92. The smallest absolute Gasteiger partial charge is 0.415 e. The van der Waals surface area contributed by atoms with Gasteiger partial charge in [0, 0.05) is 12.2 Å². The Labute approximate surface area is 107 Å². The van der Waals surface area contributed by atoms with Crippen LogP contribution in [0, 0.1) is 13.8 Å². The van der Waals surface area contributed by atoms with Gasteiger partial charge in [0.1, 0.15) is 6.10 Å². The predicted molar refractivity (Wildman–Crippen MR) is 69.9 cm³/mol. The molecule has 0 radical (unpaired) electrons. The molecule has 1 aromatic rings. The first kappa shape index (κ1) is 11.5. The molecule has 0 spiro atoms. The minimum absolute atomic E-state index is 0.0413. The van der Waals surface area contributed by atoms with Crippen LogP contribution in [0.3, 0.4) is 0 Å². The molecule has 2 atom stereocenters.